The zero-order valence-electron chi connectivity index (χ0n) is 17.8. The summed E-state index contributed by atoms with van der Waals surface area (Å²) in [6.07, 6.45) is 0. The Morgan fingerprint density at radius 3 is 2.66 bits per heavy atom. The third kappa shape index (κ3) is 5.35. The van der Waals surface area contributed by atoms with Crippen LogP contribution in [0.4, 0.5) is 4.39 Å². The zero-order valence-corrected chi connectivity index (χ0v) is 19.4. The van der Waals surface area contributed by atoms with Crippen LogP contribution in [0.3, 0.4) is 0 Å². The Morgan fingerprint density at radius 2 is 1.88 bits per heavy atom. The van der Waals surface area contributed by atoms with E-state index in [0.717, 1.165) is 21.4 Å². The highest BCUT2D eigenvalue weighted by molar-refractivity contribution is 7.98. The van der Waals surface area contributed by atoms with E-state index in [4.69, 9.17) is 14.5 Å². The van der Waals surface area contributed by atoms with Gasteiger partial charge in [0.1, 0.15) is 11.6 Å². The Hall–Kier alpha value is -2.75. The Labute approximate surface area is 194 Å². The molecule has 0 saturated heterocycles. The maximum absolute atomic E-state index is 13.9. The molecule has 0 fully saturated rings. The molecule has 9 heteroatoms. The predicted molar refractivity (Wildman–Crippen MR) is 124 cm³/mol. The monoisotopic (exact) mass is 470 g/mol. The Kier molecular flexibility index (Phi) is 7.51. The first kappa shape index (κ1) is 22.4. The molecule has 166 valence electrons. The fraction of sp³-hybridized carbons (Fsp3) is 0.261. The molecule has 0 aliphatic heterocycles. The lowest BCUT2D eigenvalue weighted by Gasteiger charge is -2.17. The Morgan fingerprint density at radius 1 is 1.09 bits per heavy atom. The molecule has 2 aromatic heterocycles. The first-order valence-corrected chi connectivity index (χ1v) is 11.9. The van der Waals surface area contributed by atoms with Crippen molar-refractivity contribution in [1.29, 1.82) is 0 Å². The van der Waals surface area contributed by atoms with Crippen LogP contribution in [0.1, 0.15) is 24.5 Å². The molecule has 0 aliphatic carbocycles. The second kappa shape index (κ2) is 10.7. The van der Waals surface area contributed by atoms with Crippen molar-refractivity contribution in [2.75, 3.05) is 13.7 Å². The van der Waals surface area contributed by atoms with Crippen molar-refractivity contribution in [3.8, 4) is 16.3 Å². The van der Waals surface area contributed by atoms with Crippen LogP contribution in [0.5, 0.6) is 5.75 Å². The second-order valence-corrected chi connectivity index (χ2v) is 8.89. The van der Waals surface area contributed by atoms with Crippen molar-refractivity contribution in [2.45, 2.75) is 30.5 Å². The molecule has 6 nitrogen and oxygen atoms in total. The molecule has 1 atom stereocenters. The molecular formula is C23H23FN4O2S2. The van der Waals surface area contributed by atoms with Crippen LogP contribution in [0.2, 0.25) is 0 Å². The van der Waals surface area contributed by atoms with Crippen molar-refractivity contribution in [1.82, 2.24) is 19.7 Å². The smallest absolute Gasteiger partial charge is 0.192 e. The number of para-hydroxylation sites is 1. The highest BCUT2D eigenvalue weighted by atomic mass is 32.2. The molecule has 2 heterocycles. The van der Waals surface area contributed by atoms with Crippen LogP contribution in [0.15, 0.2) is 65.1 Å². The average Bonchev–Trinajstić information content (AvgIpc) is 3.45. The minimum atomic E-state index is -0.407. The summed E-state index contributed by atoms with van der Waals surface area (Å²) in [7, 11) is 1.66. The van der Waals surface area contributed by atoms with Crippen LogP contribution in [0, 0.1) is 5.82 Å². The summed E-state index contributed by atoms with van der Waals surface area (Å²) in [5, 5.41) is 12.5. The molecule has 0 spiro atoms. The van der Waals surface area contributed by atoms with Gasteiger partial charge in [-0.25, -0.2) is 9.37 Å². The van der Waals surface area contributed by atoms with Gasteiger partial charge in [0.05, 0.1) is 18.3 Å². The number of hydrogen-bond donors (Lipinski definition) is 0. The summed E-state index contributed by atoms with van der Waals surface area (Å²) >= 11 is 3.18. The van der Waals surface area contributed by atoms with E-state index in [1.807, 2.05) is 29.7 Å². The zero-order chi connectivity index (χ0) is 22.3. The lowest BCUT2D eigenvalue weighted by atomic mass is 10.2. The minimum Gasteiger partial charge on any atom is -0.483 e. The number of thiazole rings is 1. The molecule has 1 unspecified atom stereocenters. The number of hydrogen-bond acceptors (Lipinski definition) is 7. The average molecular weight is 471 g/mol. The number of aromatic nitrogens is 4. The van der Waals surface area contributed by atoms with Gasteiger partial charge in [0.25, 0.3) is 0 Å². The first-order valence-electron chi connectivity index (χ1n) is 10.1. The van der Waals surface area contributed by atoms with E-state index >= 15 is 0 Å². The number of nitrogens with zero attached hydrogens (tertiary/aromatic N) is 4. The van der Waals surface area contributed by atoms with Gasteiger partial charge < -0.3 is 9.47 Å². The maximum Gasteiger partial charge on any atom is 0.192 e. The van der Waals surface area contributed by atoms with E-state index < -0.39 is 5.82 Å². The molecule has 0 saturated carbocycles. The van der Waals surface area contributed by atoms with Gasteiger partial charge in [-0.2, -0.15) is 0 Å². The largest absolute Gasteiger partial charge is 0.483 e. The fourth-order valence-corrected chi connectivity index (χ4v) is 5.07. The molecule has 0 bridgehead atoms. The lowest BCUT2D eigenvalue weighted by Crippen LogP contribution is -2.16. The van der Waals surface area contributed by atoms with E-state index in [0.29, 0.717) is 18.2 Å². The molecule has 4 aromatic rings. The summed E-state index contributed by atoms with van der Waals surface area (Å²) in [5.74, 6) is 1.06. The molecule has 4 rings (SSSR count). The predicted octanol–water partition coefficient (Wildman–Crippen LogP) is 5.62. The number of ether oxygens (including phenoxy) is 2. The summed E-state index contributed by atoms with van der Waals surface area (Å²) in [5.41, 5.74) is 2.09. The Bertz CT molecular complexity index is 1150. The number of benzene rings is 2. The third-order valence-corrected chi connectivity index (χ3v) is 6.62. The molecule has 0 aliphatic rings. The molecule has 0 amide bonds. The van der Waals surface area contributed by atoms with Gasteiger partial charge in [-0.15, -0.1) is 21.5 Å². The van der Waals surface area contributed by atoms with Gasteiger partial charge in [0.15, 0.2) is 22.5 Å². The number of halogens is 1. The summed E-state index contributed by atoms with van der Waals surface area (Å²) < 4.78 is 26.9. The third-order valence-electron chi connectivity index (χ3n) is 4.70. The van der Waals surface area contributed by atoms with Crippen LogP contribution in [-0.2, 0) is 17.1 Å². The molecule has 2 aromatic carbocycles. The van der Waals surface area contributed by atoms with Crippen LogP contribution < -0.4 is 4.74 Å². The van der Waals surface area contributed by atoms with Gasteiger partial charge in [-0.1, -0.05) is 54.2 Å². The molecule has 0 radical (unpaired) electrons. The van der Waals surface area contributed by atoms with Gasteiger partial charge in [0.2, 0.25) is 0 Å². The van der Waals surface area contributed by atoms with E-state index in [1.165, 1.54) is 6.07 Å². The van der Waals surface area contributed by atoms with Crippen LogP contribution >= 0.6 is 23.1 Å². The highest BCUT2D eigenvalue weighted by Gasteiger charge is 2.19. The second-order valence-electron chi connectivity index (χ2n) is 7.09. The molecular weight excluding hydrogens is 447 g/mol. The van der Waals surface area contributed by atoms with Gasteiger partial charge >= 0.3 is 0 Å². The molecule has 32 heavy (non-hydrogen) atoms. The summed E-state index contributed by atoms with van der Waals surface area (Å²) in [6.45, 7) is 2.63. The lowest BCUT2D eigenvalue weighted by molar-refractivity contribution is 0.154. The quantitative estimate of drug-likeness (QED) is 0.280. The van der Waals surface area contributed by atoms with Crippen LogP contribution in [0.25, 0.3) is 10.6 Å². The normalized spacial score (nSPS) is 12.1. The highest BCUT2D eigenvalue weighted by Crippen LogP contribution is 2.29. The van der Waals surface area contributed by atoms with E-state index in [9.17, 15) is 4.39 Å². The maximum atomic E-state index is 13.9. The van der Waals surface area contributed by atoms with E-state index in [-0.39, 0.29) is 18.4 Å². The van der Waals surface area contributed by atoms with Gasteiger partial charge in [0, 0.05) is 23.8 Å². The SMILES string of the molecule is COCC(C)n1c(COc2ccccc2F)nnc1SCc1csc(-c2ccccc2)n1. The van der Waals surface area contributed by atoms with E-state index in [1.54, 1.807) is 48.4 Å². The summed E-state index contributed by atoms with van der Waals surface area (Å²) in [6, 6.07) is 16.4. The summed E-state index contributed by atoms with van der Waals surface area (Å²) in [4.78, 5) is 4.75. The van der Waals surface area contributed by atoms with Crippen molar-refractivity contribution in [2.24, 2.45) is 0 Å². The topological polar surface area (TPSA) is 62.1 Å². The van der Waals surface area contributed by atoms with E-state index in [2.05, 4.69) is 27.7 Å². The van der Waals surface area contributed by atoms with Crippen LogP contribution in [-0.4, -0.2) is 33.5 Å². The van der Waals surface area contributed by atoms with Crippen molar-refractivity contribution in [3.63, 3.8) is 0 Å². The number of rotatable bonds is 10. The number of methoxy groups -OCH3 is 1. The molecule has 0 N–H and O–H groups in total. The van der Waals surface area contributed by atoms with Crippen molar-refractivity contribution >= 4 is 23.1 Å². The first-order chi connectivity index (χ1) is 15.7. The van der Waals surface area contributed by atoms with Gasteiger partial charge in [-0.05, 0) is 19.1 Å². The standard InChI is InChI=1S/C23H23FN4O2S2/c1-16(12-29-2)28-21(13-30-20-11-7-6-10-19(20)24)26-27-23(28)32-15-18-14-31-22(25-18)17-8-4-3-5-9-17/h3-11,14,16H,12-13,15H2,1-2H3. The Balaban J connectivity index is 1.48. The van der Waals surface area contributed by atoms with Gasteiger partial charge in [-0.3, -0.25) is 4.57 Å². The van der Waals surface area contributed by atoms with Crippen molar-refractivity contribution < 1.29 is 13.9 Å². The number of thioether (sulfide) groups is 1. The fourth-order valence-electron chi connectivity index (χ4n) is 3.19. The van der Waals surface area contributed by atoms with Crippen molar-refractivity contribution in [3.05, 3.63) is 77.3 Å². The minimum absolute atomic E-state index is 0.00738.